The van der Waals surface area contributed by atoms with E-state index in [2.05, 4.69) is 35.1 Å². The number of aromatic nitrogens is 4. The first-order valence-corrected chi connectivity index (χ1v) is 14.3. The molecule has 6 rings (SSSR count). The first-order chi connectivity index (χ1) is 19.6. The summed E-state index contributed by atoms with van der Waals surface area (Å²) in [5.41, 5.74) is 0.647. The van der Waals surface area contributed by atoms with Crippen molar-refractivity contribution in [3.05, 3.63) is 60.6 Å². The van der Waals surface area contributed by atoms with Gasteiger partial charge in [-0.2, -0.15) is 0 Å². The van der Waals surface area contributed by atoms with E-state index in [1.54, 1.807) is 18.6 Å². The second-order valence-electron chi connectivity index (χ2n) is 11.5. The Bertz CT molecular complexity index is 1290. The second kappa shape index (κ2) is 11.8. The van der Waals surface area contributed by atoms with E-state index >= 15 is 0 Å². The lowest BCUT2D eigenvalue weighted by molar-refractivity contribution is 0.0583. The summed E-state index contributed by atoms with van der Waals surface area (Å²) in [7, 11) is 0. The zero-order valence-electron chi connectivity index (χ0n) is 22.7. The van der Waals surface area contributed by atoms with Crippen molar-refractivity contribution in [3.63, 3.8) is 0 Å². The minimum Gasteiger partial charge on any atom is -0.451 e. The Morgan fingerprint density at radius 1 is 1.02 bits per heavy atom. The van der Waals surface area contributed by atoms with Gasteiger partial charge in [-0.05, 0) is 93.6 Å². The summed E-state index contributed by atoms with van der Waals surface area (Å²) in [6.07, 6.45) is 15.9. The van der Waals surface area contributed by atoms with Crippen LogP contribution < -0.4 is 15.0 Å². The molecule has 0 radical (unpaired) electrons. The van der Waals surface area contributed by atoms with Gasteiger partial charge in [-0.15, -0.1) is 0 Å². The topological polar surface area (TPSA) is 96.4 Å². The summed E-state index contributed by atoms with van der Waals surface area (Å²) in [5.74, 6) is 2.30. The van der Waals surface area contributed by atoms with Crippen LogP contribution in [0.2, 0.25) is 0 Å². The van der Waals surface area contributed by atoms with Crippen molar-refractivity contribution in [1.82, 2.24) is 24.8 Å². The molecule has 10 heteroatoms. The molecule has 3 fully saturated rings. The molecule has 1 aliphatic carbocycles. The summed E-state index contributed by atoms with van der Waals surface area (Å²) in [6, 6.07) is 6.23. The fraction of sp³-hybridized carbons (Fsp3) is 0.500. The summed E-state index contributed by atoms with van der Waals surface area (Å²) < 4.78 is 19.6. The van der Waals surface area contributed by atoms with E-state index in [9.17, 15) is 9.18 Å². The van der Waals surface area contributed by atoms with Crippen LogP contribution in [-0.2, 0) is 0 Å². The van der Waals surface area contributed by atoms with Crippen LogP contribution >= 0.6 is 0 Å². The molecular weight excluding hydrogens is 509 g/mol. The molecular formula is C30H36FN7O2. The Kier molecular flexibility index (Phi) is 7.86. The number of halogens is 1. The zero-order chi connectivity index (χ0) is 27.4. The molecule has 2 aromatic heterocycles. The maximum atomic E-state index is 13.6. The molecule has 1 aromatic carbocycles. The third kappa shape index (κ3) is 6.06. The van der Waals surface area contributed by atoms with Crippen LogP contribution in [0.1, 0.15) is 55.3 Å². The minimum absolute atomic E-state index is 0.159. The van der Waals surface area contributed by atoms with Crippen LogP contribution in [-0.4, -0.2) is 69.9 Å². The van der Waals surface area contributed by atoms with E-state index < -0.39 is 5.82 Å². The molecule has 1 spiro atoms. The molecule has 9 nitrogen and oxygen atoms in total. The SMILES string of the molecule is O=Cc1cc(F)ccc1Oc1cncnc1N1CCC(CN2CCC3(CCC(Nc4ncccn4)CC3)CC2)C1. The molecule has 2 aliphatic heterocycles. The van der Waals surface area contributed by atoms with E-state index in [0.717, 1.165) is 45.1 Å². The van der Waals surface area contributed by atoms with Crippen molar-refractivity contribution in [2.24, 2.45) is 11.3 Å². The number of aldehydes is 1. The molecule has 1 atom stereocenters. The molecule has 4 heterocycles. The van der Waals surface area contributed by atoms with Gasteiger partial charge < -0.3 is 19.9 Å². The number of anilines is 2. The van der Waals surface area contributed by atoms with Crippen LogP contribution in [0.4, 0.5) is 16.2 Å². The summed E-state index contributed by atoms with van der Waals surface area (Å²) in [5, 5.41) is 3.52. The fourth-order valence-corrected chi connectivity index (χ4v) is 6.62. The number of nitrogens with zero attached hydrogens (tertiary/aromatic N) is 6. The van der Waals surface area contributed by atoms with Crippen molar-refractivity contribution in [2.45, 2.75) is 51.0 Å². The van der Waals surface area contributed by atoms with Crippen molar-refractivity contribution >= 4 is 18.1 Å². The van der Waals surface area contributed by atoms with Gasteiger partial charge in [-0.1, -0.05) is 0 Å². The maximum absolute atomic E-state index is 13.6. The van der Waals surface area contributed by atoms with Crippen molar-refractivity contribution in [2.75, 3.05) is 42.9 Å². The highest BCUT2D eigenvalue weighted by atomic mass is 19.1. The molecule has 1 N–H and O–H groups in total. The highest BCUT2D eigenvalue weighted by Crippen LogP contribution is 2.45. The van der Waals surface area contributed by atoms with Crippen LogP contribution in [0.3, 0.4) is 0 Å². The first kappa shape index (κ1) is 26.6. The molecule has 3 aromatic rings. The number of carbonyl (C=O) groups is 1. The molecule has 0 amide bonds. The van der Waals surface area contributed by atoms with Gasteiger partial charge in [-0.25, -0.2) is 24.3 Å². The van der Waals surface area contributed by atoms with Crippen molar-refractivity contribution in [3.8, 4) is 11.5 Å². The lowest BCUT2D eigenvalue weighted by atomic mass is 9.67. The van der Waals surface area contributed by atoms with Crippen molar-refractivity contribution < 1.29 is 13.9 Å². The Morgan fingerprint density at radius 2 is 1.82 bits per heavy atom. The van der Waals surface area contributed by atoms with E-state index in [4.69, 9.17) is 4.74 Å². The zero-order valence-corrected chi connectivity index (χ0v) is 22.7. The number of carbonyl (C=O) groups excluding carboxylic acids is 1. The monoisotopic (exact) mass is 545 g/mol. The number of hydrogen-bond acceptors (Lipinski definition) is 9. The largest absolute Gasteiger partial charge is 0.451 e. The number of likely N-dealkylation sites (tertiary alicyclic amines) is 1. The fourth-order valence-electron chi connectivity index (χ4n) is 6.62. The smallest absolute Gasteiger partial charge is 0.222 e. The number of benzene rings is 1. The van der Waals surface area contributed by atoms with E-state index in [-0.39, 0.29) is 5.56 Å². The van der Waals surface area contributed by atoms with Crippen LogP contribution in [0.15, 0.2) is 49.2 Å². The summed E-state index contributed by atoms with van der Waals surface area (Å²) in [4.78, 5) is 33.6. The molecule has 3 aliphatic rings. The number of hydrogen-bond donors (Lipinski definition) is 1. The van der Waals surface area contributed by atoms with Gasteiger partial charge in [0, 0.05) is 38.1 Å². The van der Waals surface area contributed by atoms with E-state index in [0.29, 0.717) is 41.0 Å². The molecule has 2 saturated heterocycles. The predicted molar refractivity (Wildman–Crippen MR) is 150 cm³/mol. The van der Waals surface area contributed by atoms with Crippen LogP contribution in [0.25, 0.3) is 0 Å². The highest BCUT2D eigenvalue weighted by Gasteiger charge is 2.39. The Labute approximate surface area is 234 Å². The Balaban J connectivity index is 0.995. The van der Waals surface area contributed by atoms with Gasteiger partial charge in [0.15, 0.2) is 17.9 Å². The van der Waals surface area contributed by atoms with Gasteiger partial charge in [-0.3, -0.25) is 4.79 Å². The Morgan fingerprint density at radius 3 is 2.60 bits per heavy atom. The molecule has 1 saturated carbocycles. The Hall–Kier alpha value is -3.66. The van der Waals surface area contributed by atoms with Gasteiger partial charge >= 0.3 is 0 Å². The quantitative estimate of drug-likeness (QED) is 0.394. The predicted octanol–water partition coefficient (Wildman–Crippen LogP) is 4.97. The minimum atomic E-state index is -0.479. The molecule has 40 heavy (non-hydrogen) atoms. The van der Waals surface area contributed by atoms with Crippen molar-refractivity contribution in [1.29, 1.82) is 0 Å². The summed E-state index contributed by atoms with van der Waals surface area (Å²) in [6.45, 7) is 5.21. The average molecular weight is 546 g/mol. The molecule has 0 bridgehead atoms. The molecule has 210 valence electrons. The van der Waals surface area contributed by atoms with Gasteiger partial charge in [0.25, 0.3) is 0 Å². The van der Waals surface area contributed by atoms with Crippen LogP contribution in [0.5, 0.6) is 11.5 Å². The number of rotatable bonds is 8. The third-order valence-electron chi connectivity index (χ3n) is 8.94. The average Bonchev–Trinajstić information content (AvgIpc) is 3.46. The van der Waals surface area contributed by atoms with Gasteiger partial charge in [0.05, 0.1) is 11.8 Å². The maximum Gasteiger partial charge on any atom is 0.222 e. The first-order valence-electron chi connectivity index (χ1n) is 14.3. The summed E-state index contributed by atoms with van der Waals surface area (Å²) >= 11 is 0. The lowest BCUT2D eigenvalue weighted by Crippen LogP contribution is -2.45. The van der Waals surface area contributed by atoms with E-state index in [1.807, 2.05) is 6.07 Å². The lowest BCUT2D eigenvalue weighted by Gasteiger charge is -2.46. The molecule has 1 unspecified atom stereocenters. The van der Waals surface area contributed by atoms with Gasteiger partial charge in [0.1, 0.15) is 17.9 Å². The number of ether oxygens (including phenoxy) is 1. The second-order valence-corrected chi connectivity index (χ2v) is 11.5. The third-order valence-corrected chi connectivity index (χ3v) is 8.94. The van der Waals surface area contributed by atoms with Gasteiger partial charge in [0.2, 0.25) is 5.95 Å². The standard InChI is InChI=1S/C30H36FN7O2/c31-24-2-3-26(23(16-24)20-39)40-27-17-32-21-35-28(27)38-13-6-22(19-38)18-37-14-9-30(10-15-37)7-4-25(5-8-30)36-29-33-11-1-12-34-29/h1-3,11-12,16-17,20-22,25H,4-10,13-15,18-19H2,(H,33,34,36). The van der Waals surface area contributed by atoms with Crippen LogP contribution in [0, 0.1) is 17.2 Å². The normalized spacial score (nSPS) is 21.4. The highest BCUT2D eigenvalue weighted by molar-refractivity contribution is 5.79. The number of piperidine rings is 1. The number of nitrogens with one attached hydrogen (secondary N) is 1. The van der Waals surface area contributed by atoms with E-state index in [1.165, 1.54) is 63.1 Å².